The fourth-order valence-electron chi connectivity index (χ4n) is 1.90. The van der Waals surface area contributed by atoms with Gasteiger partial charge in [-0.2, -0.15) is 8.78 Å². The van der Waals surface area contributed by atoms with Crippen molar-refractivity contribution in [3.63, 3.8) is 0 Å². The molecule has 1 aromatic rings. The highest BCUT2D eigenvalue weighted by Gasteiger charge is 2.44. The SMILES string of the molecule is CC(N)(C(=O)Nc1ccc(OC(F)F)c(Cl)c1)C1CC1. The Kier molecular flexibility index (Phi) is 4.15. The van der Waals surface area contributed by atoms with E-state index in [4.69, 9.17) is 17.3 Å². The number of carbonyl (C=O) groups excluding carboxylic acids is 1. The molecule has 2 rings (SSSR count). The second kappa shape index (κ2) is 5.54. The smallest absolute Gasteiger partial charge is 0.387 e. The lowest BCUT2D eigenvalue weighted by Crippen LogP contribution is -2.50. The van der Waals surface area contributed by atoms with Crippen LogP contribution in [-0.4, -0.2) is 18.1 Å². The molecular weight excluding hydrogens is 290 g/mol. The Hall–Kier alpha value is -1.40. The van der Waals surface area contributed by atoms with Crippen molar-refractivity contribution in [2.24, 2.45) is 11.7 Å². The van der Waals surface area contributed by atoms with Crippen LogP contribution in [0, 0.1) is 5.92 Å². The number of hydrogen-bond acceptors (Lipinski definition) is 3. The molecule has 0 heterocycles. The van der Waals surface area contributed by atoms with E-state index in [-0.39, 0.29) is 22.6 Å². The molecule has 0 bridgehead atoms. The molecule has 1 fully saturated rings. The largest absolute Gasteiger partial charge is 0.433 e. The molecule has 0 spiro atoms. The van der Waals surface area contributed by atoms with E-state index in [1.54, 1.807) is 6.92 Å². The van der Waals surface area contributed by atoms with E-state index in [1.165, 1.54) is 18.2 Å². The van der Waals surface area contributed by atoms with Gasteiger partial charge >= 0.3 is 6.61 Å². The van der Waals surface area contributed by atoms with E-state index in [2.05, 4.69) is 10.1 Å². The highest BCUT2D eigenvalue weighted by Crippen LogP contribution is 2.38. The van der Waals surface area contributed by atoms with E-state index in [0.29, 0.717) is 5.69 Å². The van der Waals surface area contributed by atoms with Crippen molar-refractivity contribution in [2.45, 2.75) is 31.9 Å². The van der Waals surface area contributed by atoms with Gasteiger partial charge in [0.25, 0.3) is 0 Å². The molecule has 1 saturated carbocycles. The Labute approximate surface area is 120 Å². The minimum absolute atomic E-state index is 0.00625. The maximum absolute atomic E-state index is 12.1. The topological polar surface area (TPSA) is 64.4 Å². The number of nitrogens with two attached hydrogens (primary N) is 1. The molecule has 4 nitrogen and oxygen atoms in total. The molecule has 110 valence electrons. The first-order chi connectivity index (χ1) is 9.30. The summed E-state index contributed by atoms with van der Waals surface area (Å²) >= 11 is 5.81. The number of nitrogens with one attached hydrogen (secondary N) is 1. The van der Waals surface area contributed by atoms with Gasteiger partial charge in [0.1, 0.15) is 5.75 Å². The molecule has 0 aliphatic heterocycles. The Morgan fingerprint density at radius 1 is 1.55 bits per heavy atom. The Morgan fingerprint density at radius 3 is 2.70 bits per heavy atom. The average molecular weight is 305 g/mol. The first-order valence-electron chi connectivity index (χ1n) is 6.15. The lowest BCUT2D eigenvalue weighted by molar-refractivity contribution is -0.121. The van der Waals surface area contributed by atoms with Gasteiger partial charge in [-0.05, 0) is 43.9 Å². The standard InChI is InChI=1S/C13H15ClF2N2O2/c1-13(17,7-2-3-7)11(19)18-8-4-5-10(9(14)6-8)20-12(15)16/h4-7,12H,2-3,17H2,1H3,(H,18,19). The zero-order valence-electron chi connectivity index (χ0n) is 10.8. The number of rotatable bonds is 5. The molecule has 7 heteroatoms. The number of anilines is 1. The lowest BCUT2D eigenvalue weighted by atomic mass is 9.96. The highest BCUT2D eigenvalue weighted by atomic mass is 35.5. The second-order valence-electron chi connectivity index (χ2n) is 5.03. The van der Waals surface area contributed by atoms with Crippen molar-refractivity contribution in [3.8, 4) is 5.75 Å². The van der Waals surface area contributed by atoms with Crippen LogP contribution in [0.4, 0.5) is 14.5 Å². The van der Waals surface area contributed by atoms with Crippen LogP contribution in [0.15, 0.2) is 18.2 Å². The third-order valence-corrected chi connectivity index (χ3v) is 3.62. The number of carbonyl (C=O) groups is 1. The van der Waals surface area contributed by atoms with Gasteiger partial charge in [-0.25, -0.2) is 0 Å². The van der Waals surface area contributed by atoms with Gasteiger partial charge in [-0.3, -0.25) is 4.79 Å². The van der Waals surface area contributed by atoms with Crippen LogP contribution >= 0.6 is 11.6 Å². The third-order valence-electron chi connectivity index (χ3n) is 3.32. The summed E-state index contributed by atoms with van der Waals surface area (Å²) in [6.45, 7) is -1.27. The number of amides is 1. The van der Waals surface area contributed by atoms with Crippen molar-refractivity contribution >= 4 is 23.2 Å². The van der Waals surface area contributed by atoms with Gasteiger partial charge in [0.2, 0.25) is 5.91 Å². The summed E-state index contributed by atoms with van der Waals surface area (Å²) in [5.74, 6) is -0.282. The Bertz CT molecular complexity index is 519. The molecule has 0 aromatic heterocycles. The molecule has 1 atom stereocenters. The van der Waals surface area contributed by atoms with Crippen molar-refractivity contribution in [1.29, 1.82) is 0 Å². The fraction of sp³-hybridized carbons (Fsp3) is 0.462. The first-order valence-corrected chi connectivity index (χ1v) is 6.53. The maximum Gasteiger partial charge on any atom is 0.387 e. The monoisotopic (exact) mass is 304 g/mol. The van der Waals surface area contributed by atoms with E-state index in [1.807, 2.05) is 0 Å². The molecule has 1 aliphatic rings. The van der Waals surface area contributed by atoms with Gasteiger partial charge in [0.15, 0.2) is 0 Å². The quantitative estimate of drug-likeness (QED) is 0.879. The van der Waals surface area contributed by atoms with Gasteiger partial charge in [0.05, 0.1) is 10.6 Å². The molecule has 0 saturated heterocycles. The van der Waals surface area contributed by atoms with Crippen LogP contribution < -0.4 is 15.8 Å². The van der Waals surface area contributed by atoms with Crippen LogP contribution in [0.1, 0.15) is 19.8 Å². The zero-order valence-corrected chi connectivity index (χ0v) is 11.6. The van der Waals surface area contributed by atoms with Crippen LogP contribution in [-0.2, 0) is 4.79 Å². The van der Waals surface area contributed by atoms with Crippen molar-refractivity contribution in [2.75, 3.05) is 5.32 Å². The van der Waals surface area contributed by atoms with Crippen LogP contribution in [0.2, 0.25) is 5.02 Å². The van der Waals surface area contributed by atoms with Crippen LogP contribution in [0.5, 0.6) is 5.75 Å². The summed E-state index contributed by atoms with van der Waals surface area (Å²) in [5, 5.41) is 2.63. The van der Waals surface area contributed by atoms with Gasteiger partial charge < -0.3 is 15.8 Å². The van der Waals surface area contributed by atoms with Crippen molar-refractivity contribution in [1.82, 2.24) is 0 Å². The van der Waals surface area contributed by atoms with E-state index >= 15 is 0 Å². The number of ether oxygens (including phenoxy) is 1. The molecule has 1 aliphatic carbocycles. The second-order valence-corrected chi connectivity index (χ2v) is 5.44. The molecular formula is C13H15ClF2N2O2. The maximum atomic E-state index is 12.1. The van der Waals surface area contributed by atoms with Gasteiger partial charge in [0, 0.05) is 5.69 Å². The minimum Gasteiger partial charge on any atom is -0.433 e. The predicted octanol–water partition coefficient (Wildman–Crippen LogP) is 3.01. The predicted molar refractivity (Wildman–Crippen MR) is 72.0 cm³/mol. The third kappa shape index (κ3) is 3.37. The summed E-state index contributed by atoms with van der Waals surface area (Å²) in [7, 11) is 0. The molecule has 1 amide bonds. The van der Waals surface area contributed by atoms with Crippen molar-refractivity contribution in [3.05, 3.63) is 23.2 Å². The fourth-order valence-corrected chi connectivity index (χ4v) is 2.13. The summed E-state index contributed by atoms with van der Waals surface area (Å²) in [6, 6.07) is 4.06. The summed E-state index contributed by atoms with van der Waals surface area (Å²) in [5.41, 5.74) is 5.43. The van der Waals surface area contributed by atoms with Crippen LogP contribution in [0.3, 0.4) is 0 Å². The van der Waals surface area contributed by atoms with E-state index in [9.17, 15) is 13.6 Å². The van der Waals surface area contributed by atoms with Crippen molar-refractivity contribution < 1.29 is 18.3 Å². The van der Waals surface area contributed by atoms with E-state index in [0.717, 1.165) is 12.8 Å². The van der Waals surface area contributed by atoms with Crippen LogP contribution in [0.25, 0.3) is 0 Å². The first kappa shape index (κ1) is 15.0. The minimum atomic E-state index is -2.95. The summed E-state index contributed by atoms with van der Waals surface area (Å²) in [4.78, 5) is 12.1. The summed E-state index contributed by atoms with van der Waals surface area (Å²) < 4.78 is 28.4. The number of hydrogen-bond donors (Lipinski definition) is 2. The van der Waals surface area contributed by atoms with Gasteiger partial charge in [-0.15, -0.1) is 0 Å². The Balaban J connectivity index is 2.06. The average Bonchev–Trinajstić information content (AvgIpc) is 3.16. The van der Waals surface area contributed by atoms with E-state index < -0.39 is 12.2 Å². The molecule has 1 aromatic carbocycles. The highest BCUT2D eigenvalue weighted by molar-refractivity contribution is 6.32. The number of halogens is 3. The Morgan fingerprint density at radius 2 is 2.20 bits per heavy atom. The van der Waals surface area contributed by atoms with Gasteiger partial charge in [-0.1, -0.05) is 11.6 Å². The lowest BCUT2D eigenvalue weighted by Gasteiger charge is -2.23. The number of alkyl halides is 2. The molecule has 0 radical (unpaired) electrons. The molecule has 20 heavy (non-hydrogen) atoms. The zero-order chi connectivity index (χ0) is 14.9. The normalized spacial score (nSPS) is 17.7. The number of benzene rings is 1. The molecule has 1 unspecified atom stereocenters. The summed E-state index contributed by atoms with van der Waals surface area (Å²) in [6.07, 6.45) is 1.87. The molecule has 3 N–H and O–H groups in total.